The van der Waals surface area contributed by atoms with Gasteiger partial charge in [-0.2, -0.15) is 9.90 Å². The Kier molecular flexibility index (Phi) is 3.16. The van der Waals surface area contributed by atoms with E-state index < -0.39 is 5.97 Å². The number of nitrogens with zero attached hydrogens (tertiary/aromatic N) is 3. The summed E-state index contributed by atoms with van der Waals surface area (Å²) in [5.41, 5.74) is 3.81. The molecule has 0 aliphatic carbocycles. The molecule has 0 aliphatic rings. The van der Waals surface area contributed by atoms with Gasteiger partial charge in [0.1, 0.15) is 11.3 Å². The number of aromatic carboxylic acids is 1. The van der Waals surface area contributed by atoms with Crippen LogP contribution in [0.1, 0.15) is 16.2 Å². The molecule has 0 amide bonds. The molecule has 0 aliphatic heterocycles. The molecule has 0 atom stereocenters. The molecule has 0 spiro atoms. The summed E-state index contributed by atoms with van der Waals surface area (Å²) in [5, 5.41) is 18.7. The number of rotatable bonds is 3. The summed E-state index contributed by atoms with van der Waals surface area (Å²) in [6.07, 6.45) is 0. The van der Waals surface area contributed by atoms with Crippen molar-refractivity contribution in [2.45, 2.75) is 6.92 Å². The molecule has 0 bridgehead atoms. The second-order valence-electron chi connectivity index (χ2n) is 5.43. The lowest BCUT2D eigenvalue weighted by atomic mass is 10.1. The SMILES string of the molecule is Cc1nn(-c2ccc3cc(C(=O)O)oc3c2)nc1-c1ccccc1. The van der Waals surface area contributed by atoms with E-state index >= 15 is 0 Å². The predicted octanol–water partition coefficient (Wildman–Crippen LogP) is 3.69. The van der Waals surface area contributed by atoms with Gasteiger partial charge in [-0.25, -0.2) is 4.79 Å². The molecular weight excluding hydrogens is 306 g/mol. The predicted molar refractivity (Wildman–Crippen MR) is 88.3 cm³/mol. The maximum Gasteiger partial charge on any atom is 0.371 e. The first-order valence-corrected chi connectivity index (χ1v) is 7.38. The monoisotopic (exact) mass is 319 g/mol. The third-order valence-corrected chi connectivity index (χ3v) is 3.77. The average molecular weight is 319 g/mol. The summed E-state index contributed by atoms with van der Waals surface area (Å²) in [5.74, 6) is -1.18. The molecule has 2 heterocycles. The van der Waals surface area contributed by atoms with Gasteiger partial charge in [0.15, 0.2) is 0 Å². The Morgan fingerprint density at radius 1 is 1.08 bits per heavy atom. The Labute approximate surface area is 137 Å². The van der Waals surface area contributed by atoms with Crippen molar-refractivity contribution < 1.29 is 14.3 Å². The molecule has 118 valence electrons. The van der Waals surface area contributed by atoms with Crippen LogP contribution in [0.15, 0.2) is 59.0 Å². The van der Waals surface area contributed by atoms with Crippen LogP contribution in [0.4, 0.5) is 0 Å². The molecule has 2 aromatic heterocycles. The minimum Gasteiger partial charge on any atom is -0.475 e. The summed E-state index contributed by atoms with van der Waals surface area (Å²) >= 11 is 0. The standard InChI is InChI=1S/C18H13N3O3/c1-11-17(12-5-3-2-4-6-12)20-21(19-11)14-8-7-13-9-16(18(22)23)24-15(13)10-14/h2-10H,1H3,(H,22,23). The largest absolute Gasteiger partial charge is 0.475 e. The lowest BCUT2D eigenvalue weighted by Crippen LogP contribution is -1.98. The third-order valence-electron chi connectivity index (χ3n) is 3.77. The lowest BCUT2D eigenvalue weighted by molar-refractivity contribution is 0.0665. The van der Waals surface area contributed by atoms with Gasteiger partial charge in [0.05, 0.1) is 11.4 Å². The van der Waals surface area contributed by atoms with Crippen LogP contribution in [-0.2, 0) is 0 Å². The van der Waals surface area contributed by atoms with Gasteiger partial charge >= 0.3 is 5.97 Å². The molecule has 6 heteroatoms. The van der Waals surface area contributed by atoms with Gasteiger partial charge in [0, 0.05) is 17.0 Å². The van der Waals surface area contributed by atoms with E-state index in [0.29, 0.717) is 11.3 Å². The van der Waals surface area contributed by atoms with Gasteiger partial charge in [-0.15, -0.1) is 5.10 Å². The summed E-state index contributed by atoms with van der Waals surface area (Å²) < 4.78 is 5.34. The Bertz CT molecular complexity index is 1050. The maximum absolute atomic E-state index is 11.0. The summed E-state index contributed by atoms with van der Waals surface area (Å²) in [7, 11) is 0. The molecule has 4 rings (SSSR count). The molecule has 1 N–H and O–H groups in total. The fourth-order valence-corrected chi connectivity index (χ4v) is 2.61. The average Bonchev–Trinajstić information content (AvgIpc) is 3.18. The molecule has 0 fully saturated rings. The number of fused-ring (bicyclic) bond motifs is 1. The molecular formula is C18H13N3O3. The second-order valence-corrected chi connectivity index (χ2v) is 5.43. The third kappa shape index (κ3) is 2.34. The number of furan rings is 1. The zero-order valence-electron chi connectivity index (χ0n) is 12.8. The lowest BCUT2D eigenvalue weighted by Gasteiger charge is -1.99. The number of aryl methyl sites for hydroxylation is 1. The van der Waals surface area contributed by atoms with Crippen molar-refractivity contribution in [3.63, 3.8) is 0 Å². The highest BCUT2D eigenvalue weighted by Crippen LogP contribution is 2.24. The fraction of sp³-hybridized carbons (Fsp3) is 0.0556. The van der Waals surface area contributed by atoms with Crippen LogP contribution < -0.4 is 0 Å². The summed E-state index contributed by atoms with van der Waals surface area (Å²) in [6.45, 7) is 1.90. The Morgan fingerprint density at radius 2 is 1.88 bits per heavy atom. The van der Waals surface area contributed by atoms with Crippen LogP contribution >= 0.6 is 0 Å². The Hall–Kier alpha value is -3.41. The molecule has 0 saturated heterocycles. The van der Waals surface area contributed by atoms with Crippen LogP contribution in [0.25, 0.3) is 27.9 Å². The number of benzene rings is 2. The number of hydrogen-bond acceptors (Lipinski definition) is 4. The van der Waals surface area contributed by atoms with E-state index in [1.807, 2.05) is 43.3 Å². The van der Waals surface area contributed by atoms with Crippen LogP contribution in [0.2, 0.25) is 0 Å². The van der Waals surface area contributed by atoms with Crippen molar-refractivity contribution in [2.24, 2.45) is 0 Å². The van der Waals surface area contributed by atoms with Crippen molar-refractivity contribution in [2.75, 3.05) is 0 Å². The van der Waals surface area contributed by atoms with Crippen molar-refractivity contribution in [1.29, 1.82) is 0 Å². The molecule has 4 aromatic rings. The highest BCUT2D eigenvalue weighted by Gasteiger charge is 2.13. The summed E-state index contributed by atoms with van der Waals surface area (Å²) in [6, 6.07) is 16.7. The van der Waals surface area contributed by atoms with Crippen molar-refractivity contribution in [3.05, 3.63) is 66.1 Å². The maximum atomic E-state index is 11.0. The molecule has 0 saturated carbocycles. The molecule has 6 nitrogen and oxygen atoms in total. The second kappa shape index (κ2) is 5.34. The van der Waals surface area contributed by atoms with E-state index in [4.69, 9.17) is 9.52 Å². The van der Waals surface area contributed by atoms with Gasteiger partial charge in [0.2, 0.25) is 5.76 Å². The zero-order chi connectivity index (χ0) is 16.7. The van der Waals surface area contributed by atoms with Crippen LogP contribution in [0.3, 0.4) is 0 Å². The molecule has 0 unspecified atom stereocenters. The number of hydrogen-bond donors (Lipinski definition) is 1. The van der Waals surface area contributed by atoms with E-state index in [9.17, 15) is 4.79 Å². The highest BCUT2D eigenvalue weighted by atomic mass is 16.4. The first-order chi connectivity index (χ1) is 11.6. The zero-order valence-corrected chi connectivity index (χ0v) is 12.8. The van der Waals surface area contributed by atoms with Gasteiger partial charge in [0.25, 0.3) is 0 Å². The number of aromatic nitrogens is 3. The van der Waals surface area contributed by atoms with Crippen molar-refractivity contribution >= 4 is 16.9 Å². The smallest absolute Gasteiger partial charge is 0.371 e. The van der Waals surface area contributed by atoms with Gasteiger partial charge in [-0.3, -0.25) is 0 Å². The summed E-state index contributed by atoms with van der Waals surface area (Å²) in [4.78, 5) is 12.5. The van der Waals surface area contributed by atoms with Crippen LogP contribution in [0, 0.1) is 6.92 Å². The fourth-order valence-electron chi connectivity index (χ4n) is 2.61. The first-order valence-electron chi connectivity index (χ1n) is 7.38. The van der Waals surface area contributed by atoms with E-state index in [0.717, 1.165) is 22.3 Å². The van der Waals surface area contributed by atoms with Crippen LogP contribution in [-0.4, -0.2) is 26.1 Å². The van der Waals surface area contributed by atoms with E-state index in [1.165, 1.54) is 10.9 Å². The molecule has 0 radical (unpaired) electrons. The minimum absolute atomic E-state index is 0.0864. The normalized spacial score (nSPS) is 11.0. The number of carboxylic acids is 1. The topological polar surface area (TPSA) is 81.2 Å². The van der Waals surface area contributed by atoms with Gasteiger partial charge in [-0.05, 0) is 25.1 Å². The quantitative estimate of drug-likeness (QED) is 0.623. The number of carboxylic acid groups (broad SMARTS) is 1. The first kappa shape index (κ1) is 14.2. The molecule has 2 aromatic carbocycles. The van der Waals surface area contributed by atoms with Gasteiger partial charge < -0.3 is 9.52 Å². The highest BCUT2D eigenvalue weighted by molar-refractivity contribution is 5.91. The Balaban J connectivity index is 1.79. The number of carbonyl (C=O) groups is 1. The Morgan fingerprint density at radius 3 is 2.62 bits per heavy atom. The van der Waals surface area contributed by atoms with Crippen LogP contribution in [0.5, 0.6) is 0 Å². The minimum atomic E-state index is -1.09. The van der Waals surface area contributed by atoms with E-state index in [-0.39, 0.29) is 5.76 Å². The van der Waals surface area contributed by atoms with E-state index in [1.54, 1.807) is 12.1 Å². The van der Waals surface area contributed by atoms with Crippen molar-refractivity contribution in [3.8, 4) is 16.9 Å². The molecule has 24 heavy (non-hydrogen) atoms. The van der Waals surface area contributed by atoms with Crippen molar-refractivity contribution in [1.82, 2.24) is 15.0 Å². The van der Waals surface area contributed by atoms with E-state index in [2.05, 4.69) is 10.2 Å². The van der Waals surface area contributed by atoms with Gasteiger partial charge in [-0.1, -0.05) is 30.3 Å².